The standard InChI is InChI=1S/C20H26N2O3/c1-3-8-17(23)13-21-20(24)22-19-12-7-9-16(15(19)2)14-25-18-10-5-4-6-11-18/h4-7,9-12,17,23H,3,8,13-14H2,1-2H3,(H2,21,22,24). The second-order valence-electron chi connectivity index (χ2n) is 5.97. The molecular formula is C20H26N2O3. The Bertz CT molecular complexity index is 674. The molecule has 0 aliphatic rings. The quantitative estimate of drug-likeness (QED) is 0.682. The molecule has 5 heteroatoms. The van der Waals surface area contributed by atoms with E-state index in [4.69, 9.17) is 4.74 Å². The highest BCUT2D eigenvalue weighted by Gasteiger charge is 2.09. The Hall–Kier alpha value is -2.53. The van der Waals surface area contributed by atoms with Crippen LogP contribution in [0.5, 0.6) is 5.75 Å². The number of benzene rings is 2. The van der Waals surface area contributed by atoms with E-state index in [1.165, 1.54) is 0 Å². The number of amides is 2. The zero-order chi connectivity index (χ0) is 18.1. The van der Waals surface area contributed by atoms with Gasteiger partial charge in [0.1, 0.15) is 12.4 Å². The van der Waals surface area contributed by atoms with Gasteiger partial charge in [-0.1, -0.05) is 43.7 Å². The minimum atomic E-state index is -0.512. The normalized spacial score (nSPS) is 11.6. The number of aliphatic hydroxyl groups is 1. The van der Waals surface area contributed by atoms with Gasteiger partial charge in [0.25, 0.3) is 0 Å². The average Bonchev–Trinajstić information content (AvgIpc) is 2.62. The Balaban J connectivity index is 1.92. The van der Waals surface area contributed by atoms with Crippen LogP contribution in [-0.4, -0.2) is 23.8 Å². The smallest absolute Gasteiger partial charge is 0.319 e. The summed E-state index contributed by atoms with van der Waals surface area (Å²) in [5.41, 5.74) is 2.70. The molecule has 3 N–H and O–H groups in total. The van der Waals surface area contributed by atoms with Gasteiger partial charge in [0.15, 0.2) is 0 Å². The first-order valence-corrected chi connectivity index (χ1v) is 8.59. The molecule has 5 nitrogen and oxygen atoms in total. The number of carbonyl (C=O) groups excluding carboxylic acids is 1. The second-order valence-corrected chi connectivity index (χ2v) is 5.97. The number of rotatable bonds is 8. The van der Waals surface area contributed by atoms with Crippen molar-refractivity contribution in [1.29, 1.82) is 0 Å². The van der Waals surface area contributed by atoms with Crippen molar-refractivity contribution in [3.05, 3.63) is 59.7 Å². The maximum atomic E-state index is 12.0. The summed E-state index contributed by atoms with van der Waals surface area (Å²) < 4.78 is 5.78. The highest BCUT2D eigenvalue weighted by molar-refractivity contribution is 5.90. The first-order valence-electron chi connectivity index (χ1n) is 8.59. The van der Waals surface area contributed by atoms with Crippen molar-refractivity contribution in [2.45, 2.75) is 39.4 Å². The zero-order valence-corrected chi connectivity index (χ0v) is 14.8. The molecule has 0 spiro atoms. The molecule has 25 heavy (non-hydrogen) atoms. The number of hydrogen-bond acceptors (Lipinski definition) is 3. The van der Waals surface area contributed by atoms with Crippen LogP contribution in [0.1, 0.15) is 30.9 Å². The van der Waals surface area contributed by atoms with Gasteiger partial charge in [-0.2, -0.15) is 0 Å². The monoisotopic (exact) mass is 342 g/mol. The average molecular weight is 342 g/mol. The van der Waals surface area contributed by atoms with Crippen LogP contribution in [0.4, 0.5) is 10.5 Å². The second kappa shape index (κ2) is 9.69. The molecule has 0 heterocycles. The number of para-hydroxylation sites is 1. The molecule has 0 aliphatic carbocycles. The van der Waals surface area contributed by atoms with E-state index in [0.29, 0.717) is 13.0 Å². The number of anilines is 1. The van der Waals surface area contributed by atoms with E-state index in [-0.39, 0.29) is 12.6 Å². The fourth-order valence-corrected chi connectivity index (χ4v) is 2.47. The summed E-state index contributed by atoms with van der Waals surface area (Å²) in [6.45, 7) is 4.62. The van der Waals surface area contributed by atoms with Crippen molar-refractivity contribution in [2.75, 3.05) is 11.9 Å². The Morgan fingerprint density at radius 1 is 1.16 bits per heavy atom. The molecule has 2 aromatic rings. The van der Waals surface area contributed by atoms with Gasteiger partial charge in [0, 0.05) is 12.2 Å². The third kappa shape index (κ3) is 6.12. The van der Waals surface area contributed by atoms with E-state index >= 15 is 0 Å². The summed E-state index contributed by atoms with van der Waals surface area (Å²) in [7, 11) is 0. The fraction of sp³-hybridized carbons (Fsp3) is 0.350. The van der Waals surface area contributed by atoms with E-state index in [1.54, 1.807) is 0 Å². The molecule has 0 aromatic heterocycles. The Morgan fingerprint density at radius 2 is 1.92 bits per heavy atom. The van der Waals surface area contributed by atoms with Crippen LogP contribution < -0.4 is 15.4 Å². The Labute approximate surface area is 149 Å². The third-order valence-corrected chi connectivity index (χ3v) is 3.95. The van der Waals surface area contributed by atoms with Gasteiger partial charge in [0.05, 0.1) is 6.10 Å². The lowest BCUT2D eigenvalue weighted by molar-refractivity contribution is 0.162. The van der Waals surface area contributed by atoms with Gasteiger partial charge in [0.2, 0.25) is 0 Å². The largest absolute Gasteiger partial charge is 0.489 e. The van der Waals surface area contributed by atoms with Crippen LogP contribution in [-0.2, 0) is 6.61 Å². The van der Waals surface area contributed by atoms with Crippen LogP contribution in [0.3, 0.4) is 0 Å². The molecule has 0 bridgehead atoms. The van der Waals surface area contributed by atoms with Crippen molar-refractivity contribution < 1.29 is 14.6 Å². The van der Waals surface area contributed by atoms with Crippen molar-refractivity contribution in [2.24, 2.45) is 0 Å². The lowest BCUT2D eigenvalue weighted by Gasteiger charge is -2.15. The molecule has 2 rings (SSSR count). The van der Waals surface area contributed by atoms with Crippen molar-refractivity contribution in [1.82, 2.24) is 5.32 Å². The topological polar surface area (TPSA) is 70.6 Å². The Kier molecular flexibility index (Phi) is 7.29. The summed E-state index contributed by atoms with van der Waals surface area (Å²) in [4.78, 5) is 12.0. The minimum absolute atomic E-state index is 0.246. The molecule has 2 amide bonds. The first-order chi connectivity index (χ1) is 12.1. The van der Waals surface area contributed by atoms with Crippen molar-refractivity contribution >= 4 is 11.7 Å². The first kappa shape index (κ1) is 18.8. The SMILES string of the molecule is CCCC(O)CNC(=O)Nc1cccc(COc2ccccc2)c1C. The molecule has 0 saturated carbocycles. The van der Waals surface area contributed by atoms with Crippen LogP contribution in [0.15, 0.2) is 48.5 Å². The summed E-state index contributed by atoms with van der Waals surface area (Å²) in [5.74, 6) is 0.808. The minimum Gasteiger partial charge on any atom is -0.489 e. The lowest BCUT2D eigenvalue weighted by Crippen LogP contribution is -2.35. The summed E-state index contributed by atoms with van der Waals surface area (Å²) in [6, 6.07) is 15.0. The van der Waals surface area contributed by atoms with Crippen LogP contribution in [0, 0.1) is 6.92 Å². The molecule has 2 aromatic carbocycles. The predicted molar refractivity (Wildman–Crippen MR) is 99.9 cm³/mol. The number of urea groups is 1. The fourth-order valence-electron chi connectivity index (χ4n) is 2.47. The van der Waals surface area contributed by atoms with Gasteiger partial charge in [-0.05, 0) is 42.7 Å². The highest BCUT2D eigenvalue weighted by Crippen LogP contribution is 2.21. The Morgan fingerprint density at radius 3 is 2.64 bits per heavy atom. The number of hydrogen-bond donors (Lipinski definition) is 3. The van der Waals surface area contributed by atoms with Crippen LogP contribution >= 0.6 is 0 Å². The van der Waals surface area contributed by atoms with Gasteiger partial charge in [-0.15, -0.1) is 0 Å². The summed E-state index contributed by atoms with van der Waals surface area (Å²) in [6.07, 6.45) is 1.04. The maximum absolute atomic E-state index is 12.0. The van der Waals surface area contributed by atoms with Crippen LogP contribution in [0.25, 0.3) is 0 Å². The van der Waals surface area contributed by atoms with Crippen molar-refractivity contribution in [3.8, 4) is 5.75 Å². The highest BCUT2D eigenvalue weighted by atomic mass is 16.5. The lowest BCUT2D eigenvalue weighted by atomic mass is 10.1. The summed E-state index contributed by atoms with van der Waals surface area (Å²) in [5, 5.41) is 15.2. The number of ether oxygens (including phenoxy) is 1. The van der Waals surface area contributed by atoms with Gasteiger partial charge < -0.3 is 20.5 Å². The predicted octanol–water partition coefficient (Wildman–Crippen LogP) is 3.86. The van der Waals surface area contributed by atoms with E-state index in [0.717, 1.165) is 29.0 Å². The summed E-state index contributed by atoms with van der Waals surface area (Å²) >= 11 is 0. The third-order valence-electron chi connectivity index (χ3n) is 3.95. The molecule has 134 valence electrons. The molecule has 0 aliphatic heterocycles. The maximum Gasteiger partial charge on any atom is 0.319 e. The zero-order valence-electron chi connectivity index (χ0n) is 14.8. The molecule has 0 saturated heterocycles. The number of carbonyl (C=O) groups is 1. The number of aliphatic hydroxyl groups excluding tert-OH is 1. The van der Waals surface area contributed by atoms with Crippen LogP contribution in [0.2, 0.25) is 0 Å². The van der Waals surface area contributed by atoms with Gasteiger partial charge in [-0.3, -0.25) is 0 Å². The van der Waals surface area contributed by atoms with Gasteiger partial charge >= 0.3 is 6.03 Å². The number of nitrogens with one attached hydrogen (secondary N) is 2. The molecular weight excluding hydrogens is 316 g/mol. The van der Waals surface area contributed by atoms with E-state index in [9.17, 15) is 9.90 Å². The molecule has 1 unspecified atom stereocenters. The molecule has 1 atom stereocenters. The molecule has 0 radical (unpaired) electrons. The van der Waals surface area contributed by atoms with E-state index in [1.807, 2.05) is 62.4 Å². The molecule has 0 fully saturated rings. The van der Waals surface area contributed by atoms with Gasteiger partial charge in [-0.25, -0.2) is 4.79 Å². The van der Waals surface area contributed by atoms with E-state index < -0.39 is 6.10 Å². The van der Waals surface area contributed by atoms with E-state index in [2.05, 4.69) is 10.6 Å². The van der Waals surface area contributed by atoms with Crippen molar-refractivity contribution in [3.63, 3.8) is 0 Å².